The number of nitrogens with zero attached hydrogens (tertiary/aromatic N) is 5. The highest BCUT2D eigenvalue weighted by Crippen LogP contribution is 2.03. The molecular weight excluding hydrogens is 324 g/mol. The second-order valence-electron chi connectivity index (χ2n) is 5.19. The zero-order chi connectivity index (χ0) is 17.9. The maximum Gasteiger partial charge on any atom is 0.265 e. The normalized spacial score (nSPS) is 12.0. The molecule has 1 N–H and O–H groups in total. The van der Waals surface area contributed by atoms with Crippen LogP contribution in [0.3, 0.4) is 0 Å². The second-order valence-corrected chi connectivity index (χ2v) is 5.19. The van der Waals surface area contributed by atoms with E-state index in [1.54, 1.807) is 12.4 Å². The van der Waals surface area contributed by atoms with Gasteiger partial charge in [0.25, 0.3) is 5.95 Å². The summed E-state index contributed by atoms with van der Waals surface area (Å²) in [4.78, 5) is 0. The Bertz CT molecular complexity index is 908. The Morgan fingerprint density at radius 2 is 1.42 bits per heavy atom. The Hall–Kier alpha value is -3.80. The highest BCUT2D eigenvalue weighted by atomic mass is 15.5. The van der Waals surface area contributed by atoms with Crippen LogP contribution in [0.25, 0.3) is 12.2 Å². The molecule has 26 heavy (non-hydrogen) atoms. The van der Waals surface area contributed by atoms with Crippen molar-refractivity contribution in [3.63, 3.8) is 0 Å². The van der Waals surface area contributed by atoms with Crippen LogP contribution in [-0.2, 0) is 0 Å². The van der Waals surface area contributed by atoms with Gasteiger partial charge in [0.05, 0.1) is 0 Å². The molecule has 1 heterocycles. The number of hydrogen-bond donors (Lipinski definition) is 1. The highest BCUT2D eigenvalue weighted by molar-refractivity contribution is 5.79. The number of nitrogens with one attached hydrogen (secondary N) is 1. The minimum Gasteiger partial charge on any atom is -0.244 e. The summed E-state index contributed by atoms with van der Waals surface area (Å²) in [6.07, 6.45) is 12.4. The number of hydrazone groups is 1. The van der Waals surface area contributed by atoms with E-state index in [4.69, 9.17) is 0 Å². The Balaban J connectivity index is 1.53. The first-order chi connectivity index (χ1) is 12.9. The largest absolute Gasteiger partial charge is 0.265 e. The maximum atomic E-state index is 4.25. The number of benzene rings is 2. The van der Waals surface area contributed by atoms with E-state index in [9.17, 15) is 0 Å². The van der Waals surface area contributed by atoms with Crippen molar-refractivity contribution >= 4 is 30.5 Å². The van der Waals surface area contributed by atoms with Crippen LogP contribution in [-0.4, -0.2) is 27.3 Å². The smallest absolute Gasteiger partial charge is 0.244 e. The molecule has 0 amide bonds. The van der Waals surface area contributed by atoms with Crippen molar-refractivity contribution in [3.05, 3.63) is 90.3 Å². The average Bonchev–Trinajstić information content (AvgIpc) is 3.14. The van der Waals surface area contributed by atoms with Crippen molar-refractivity contribution in [2.75, 3.05) is 5.43 Å². The standard InChI is InChI=1S/C20H18N6/c1-3-9-18(10-4-1)13-7-15-21-24-20-25-22-17-26(20)23-16-8-14-19-11-5-2-6-12-19/h1-17H,(H,24,25)/b13-7+,14-8+,21-15+,23-16-. The fourth-order valence-corrected chi connectivity index (χ4v) is 2.07. The first kappa shape index (κ1) is 17.0. The van der Waals surface area contributed by atoms with Crippen LogP contribution < -0.4 is 5.43 Å². The molecular formula is C20H18N6. The third kappa shape index (κ3) is 5.38. The topological polar surface area (TPSA) is 67.5 Å². The SMILES string of the molecule is C(/C=C/c1ccccc1)=N/n1cnnc1N/N=C/C=C/c1ccccc1. The van der Waals surface area contributed by atoms with E-state index in [0.717, 1.165) is 11.1 Å². The van der Waals surface area contributed by atoms with Gasteiger partial charge >= 0.3 is 0 Å². The molecule has 0 spiro atoms. The highest BCUT2D eigenvalue weighted by Gasteiger charge is 1.98. The van der Waals surface area contributed by atoms with Gasteiger partial charge in [-0.1, -0.05) is 72.8 Å². The lowest BCUT2D eigenvalue weighted by Gasteiger charge is -1.97. The molecule has 6 heteroatoms. The van der Waals surface area contributed by atoms with Gasteiger partial charge in [0.1, 0.15) is 6.33 Å². The molecule has 0 radical (unpaired) electrons. The number of hydrogen-bond acceptors (Lipinski definition) is 5. The van der Waals surface area contributed by atoms with Gasteiger partial charge in [0.2, 0.25) is 0 Å². The van der Waals surface area contributed by atoms with Gasteiger partial charge < -0.3 is 0 Å². The summed E-state index contributed by atoms with van der Waals surface area (Å²) in [7, 11) is 0. The van der Waals surface area contributed by atoms with E-state index >= 15 is 0 Å². The molecule has 0 unspecified atom stereocenters. The minimum atomic E-state index is 0.429. The molecule has 6 nitrogen and oxygen atoms in total. The summed E-state index contributed by atoms with van der Waals surface area (Å²) in [5, 5.41) is 16.1. The molecule has 0 saturated heterocycles. The summed E-state index contributed by atoms with van der Waals surface area (Å²) >= 11 is 0. The summed E-state index contributed by atoms with van der Waals surface area (Å²) < 4.78 is 1.51. The van der Waals surface area contributed by atoms with Crippen molar-refractivity contribution in [1.82, 2.24) is 14.9 Å². The predicted octanol–water partition coefficient (Wildman–Crippen LogP) is 3.94. The van der Waals surface area contributed by atoms with E-state index in [1.165, 1.54) is 11.0 Å². The quantitative estimate of drug-likeness (QED) is 0.522. The Labute approximate surface area is 151 Å². The molecule has 0 aliphatic heterocycles. The van der Waals surface area contributed by atoms with E-state index in [1.807, 2.05) is 85.0 Å². The zero-order valence-corrected chi connectivity index (χ0v) is 14.1. The van der Waals surface area contributed by atoms with Crippen molar-refractivity contribution in [3.8, 4) is 0 Å². The van der Waals surface area contributed by atoms with Crippen LogP contribution in [0.2, 0.25) is 0 Å². The summed E-state index contributed by atoms with van der Waals surface area (Å²) in [6.45, 7) is 0. The molecule has 3 rings (SSSR count). The molecule has 3 aromatic rings. The molecule has 0 aliphatic rings. The lowest BCUT2D eigenvalue weighted by Crippen LogP contribution is -1.97. The van der Waals surface area contributed by atoms with Crippen LogP contribution >= 0.6 is 0 Å². The Morgan fingerprint density at radius 3 is 2.08 bits per heavy atom. The lowest BCUT2D eigenvalue weighted by molar-refractivity contribution is 0.880. The van der Waals surface area contributed by atoms with Crippen molar-refractivity contribution < 1.29 is 0 Å². The molecule has 128 valence electrons. The van der Waals surface area contributed by atoms with E-state index in [-0.39, 0.29) is 0 Å². The third-order valence-electron chi connectivity index (χ3n) is 3.31. The van der Waals surface area contributed by atoms with E-state index < -0.39 is 0 Å². The first-order valence-electron chi connectivity index (χ1n) is 8.09. The van der Waals surface area contributed by atoms with Gasteiger partial charge in [-0.05, 0) is 23.3 Å². The molecule has 0 atom stereocenters. The average molecular weight is 342 g/mol. The number of anilines is 1. The fourth-order valence-electron chi connectivity index (χ4n) is 2.07. The monoisotopic (exact) mass is 342 g/mol. The second kappa shape index (κ2) is 9.48. The number of allylic oxidation sites excluding steroid dienone is 2. The zero-order valence-electron chi connectivity index (χ0n) is 14.1. The van der Waals surface area contributed by atoms with Gasteiger partial charge in [-0.15, -0.1) is 10.2 Å². The molecule has 0 fully saturated rings. The van der Waals surface area contributed by atoms with Gasteiger partial charge in [-0.25, -0.2) is 5.43 Å². The van der Waals surface area contributed by atoms with Gasteiger partial charge in [0, 0.05) is 12.4 Å². The van der Waals surface area contributed by atoms with Crippen molar-refractivity contribution in [2.24, 2.45) is 10.2 Å². The third-order valence-corrected chi connectivity index (χ3v) is 3.31. The Kier molecular flexibility index (Phi) is 6.22. The predicted molar refractivity (Wildman–Crippen MR) is 107 cm³/mol. The summed E-state index contributed by atoms with van der Waals surface area (Å²) in [5.74, 6) is 0.429. The van der Waals surface area contributed by atoms with Crippen LogP contribution in [0.1, 0.15) is 11.1 Å². The van der Waals surface area contributed by atoms with Crippen molar-refractivity contribution in [2.45, 2.75) is 0 Å². The van der Waals surface area contributed by atoms with Crippen LogP contribution in [0.5, 0.6) is 0 Å². The number of rotatable bonds is 7. The minimum absolute atomic E-state index is 0.429. The molecule has 0 bridgehead atoms. The van der Waals surface area contributed by atoms with Crippen LogP contribution in [0.15, 0.2) is 89.3 Å². The lowest BCUT2D eigenvalue weighted by atomic mass is 10.2. The van der Waals surface area contributed by atoms with Crippen LogP contribution in [0.4, 0.5) is 5.95 Å². The van der Waals surface area contributed by atoms with E-state index in [0.29, 0.717) is 5.95 Å². The van der Waals surface area contributed by atoms with E-state index in [2.05, 4.69) is 25.8 Å². The molecule has 1 aromatic heterocycles. The molecule has 0 saturated carbocycles. The maximum absolute atomic E-state index is 4.25. The summed E-state index contributed by atoms with van der Waals surface area (Å²) in [6, 6.07) is 20.0. The van der Waals surface area contributed by atoms with Gasteiger partial charge in [0.15, 0.2) is 0 Å². The van der Waals surface area contributed by atoms with Gasteiger partial charge in [-0.2, -0.15) is 14.9 Å². The Morgan fingerprint density at radius 1 is 0.808 bits per heavy atom. The first-order valence-corrected chi connectivity index (χ1v) is 8.09. The van der Waals surface area contributed by atoms with Crippen LogP contribution in [0, 0.1) is 0 Å². The van der Waals surface area contributed by atoms with Gasteiger partial charge in [-0.3, -0.25) is 0 Å². The number of aromatic nitrogens is 3. The molecule has 2 aromatic carbocycles. The fraction of sp³-hybridized carbons (Fsp3) is 0. The summed E-state index contributed by atoms with van der Waals surface area (Å²) in [5.41, 5.74) is 5.02. The van der Waals surface area contributed by atoms with Crippen molar-refractivity contribution in [1.29, 1.82) is 0 Å². The molecule has 0 aliphatic carbocycles.